The number of halogens is 2. The van der Waals surface area contributed by atoms with Gasteiger partial charge in [-0.05, 0) is 59.7 Å². The van der Waals surface area contributed by atoms with E-state index < -0.39 is 11.6 Å². The molecule has 1 amide bonds. The molecule has 32 heavy (non-hydrogen) atoms. The summed E-state index contributed by atoms with van der Waals surface area (Å²) in [6.07, 6.45) is 5.81. The van der Waals surface area contributed by atoms with Crippen molar-refractivity contribution in [3.63, 3.8) is 0 Å². The van der Waals surface area contributed by atoms with Crippen molar-refractivity contribution in [2.75, 3.05) is 0 Å². The second-order valence-corrected chi connectivity index (χ2v) is 8.62. The first-order valence-electron chi connectivity index (χ1n) is 10.7. The van der Waals surface area contributed by atoms with Crippen LogP contribution < -0.4 is 0 Å². The molecule has 1 aliphatic carbocycles. The fourth-order valence-corrected chi connectivity index (χ4v) is 4.63. The van der Waals surface area contributed by atoms with Crippen molar-refractivity contribution in [2.45, 2.75) is 31.8 Å². The van der Waals surface area contributed by atoms with Crippen LogP contribution >= 0.6 is 0 Å². The SMILES string of the molecule is Cn1cc2c(-c3cc(F)c(CN4Cc5ncccc5C4=O)c(F)c3)ccc(C3CC3)c2n1. The molecule has 3 heterocycles. The summed E-state index contributed by atoms with van der Waals surface area (Å²) >= 11 is 0. The van der Waals surface area contributed by atoms with Gasteiger partial charge in [-0.15, -0.1) is 0 Å². The molecule has 1 aliphatic heterocycles. The number of carbonyl (C=O) groups is 1. The van der Waals surface area contributed by atoms with Crippen LogP contribution in [0.25, 0.3) is 22.0 Å². The van der Waals surface area contributed by atoms with Gasteiger partial charge in [0.1, 0.15) is 11.6 Å². The number of hydrogen-bond donors (Lipinski definition) is 0. The Bertz CT molecular complexity index is 1380. The second kappa shape index (κ2) is 6.95. The molecule has 1 fully saturated rings. The van der Waals surface area contributed by atoms with E-state index in [0.717, 1.165) is 29.3 Å². The fraction of sp³-hybridized carbons (Fsp3) is 0.240. The highest BCUT2D eigenvalue weighted by Crippen LogP contribution is 2.44. The number of aryl methyl sites for hydroxylation is 1. The van der Waals surface area contributed by atoms with Crippen molar-refractivity contribution in [3.8, 4) is 11.1 Å². The molecule has 5 nitrogen and oxygen atoms in total. The van der Waals surface area contributed by atoms with E-state index in [9.17, 15) is 4.79 Å². The minimum absolute atomic E-state index is 0.119. The van der Waals surface area contributed by atoms with Crippen molar-refractivity contribution in [2.24, 2.45) is 7.05 Å². The summed E-state index contributed by atoms with van der Waals surface area (Å²) in [6.45, 7) is 0.102. The third-order valence-corrected chi connectivity index (χ3v) is 6.39. The number of pyridine rings is 1. The molecule has 0 radical (unpaired) electrons. The average molecular weight is 430 g/mol. The van der Waals surface area contributed by atoms with Crippen LogP contribution in [0.1, 0.15) is 45.9 Å². The molecule has 4 aromatic rings. The van der Waals surface area contributed by atoms with Gasteiger partial charge in [0.25, 0.3) is 5.91 Å². The molecule has 1 saturated carbocycles. The smallest absolute Gasteiger partial charge is 0.256 e. The quantitative estimate of drug-likeness (QED) is 0.461. The summed E-state index contributed by atoms with van der Waals surface area (Å²) in [5.41, 5.74) is 4.29. The van der Waals surface area contributed by atoms with Gasteiger partial charge < -0.3 is 4.90 Å². The molecular weight excluding hydrogens is 410 g/mol. The van der Waals surface area contributed by atoms with E-state index in [-0.39, 0.29) is 24.6 Å². The molecule has 6 rings (SSSR count). The zero-order valence-electron chi connectivity index (χ0n) is 17.5. The number of fused-ring (bicyclic) bond motifs is 2. The van der Waals surface area contributed by atoms with Crippen LogP contribution in [0.5, 0.6) is 0 Å². The molecule has 2 aromatic carbocycles. The maximum absolute atomic E-state index is 15.1. The van der Waals surface area contributed by atoms with Crippen LogP contribution in [0.15, 0.2) is 48.8 Å². The number of nitrogens with zero attached hydrogens (tertiary/aromatic N) is 4. The summed E-state index contributed by atoms with van der Waals surface area (Å²) < 4.78 is 32.0. The Balaban J connectivity index is 1.36. The molecule has 2 aromatic heterocycles. The first kappa shape index (κ1) is 19.1. The van der Waals surface area contributed by atoms with E-state index in [0.29, 0.717) is 22.7 Å². The molecule has 2 aliphatic rings. The maximum Gasteiger partial charge on any atom is 0.256 e. The van der Waals surface area contributed by atoms with Crippen LogP contribution in [0.4, 0.5) is 8.78 Å². The lowest BCUT2D eigenvalue weighted by molar-refractivity contribution is 0.0763. The van der Waals surface area contributed by atoms with E-state index >= 15 is 8.78 Å². The molecule has 0 N–H and O–H groups in total. The van der Waals surface area contributed by atoms with Crippen LogP contribution in [-0.2, 0) is 20.1 Å². The van der Waals surface area contributed by atoms with Crippen molar-refractivity contribution >= 4 is 16.8 Å². The lowest BCUT2D eigenvalue weighted by atomic mass is 9.96. The third kappa shape index (κ3) is 2.99. The van der Waals surface area contributed by atoms with Crippen LogP contribution in [-0.4, -0.2) is 25.6 Å². The van der Waals surface area contributed by atoms with Crippen LogP contribution in [0.2, 0.25) is 0 Å². The van der Waals surface area contributed by atoms with E-state index in [4.69, 9.17) is 0 Å². The first-order chi connectivity index (χ1) is 15.5. The van der Waals surface area contributed by atoms with Gasteiger partial charge in [-0.25, -0.2) is 8.78 Å². The summed E-state index contributed by atoms with van der Waals surface area (Å²) in [5.74, 6) is -1.07. The molecule has 7 heteroatoms. The predicted octanol–water partition coefficient (Wildman–Crippen LogP) is 4.95. The van der Waals surface area contributed by atoms with Crippen molar-refractivity contribution < 1.29 is 13.6 Å². The molecule has 0 atom stereocenters. The maximum atomic E-state index is 15.1. The highest BCUT2D eigenvalue weighted by molar-refractivity contribution is 5.98. The van der Waals surface area contributed by atoms with Gasteiger partial charge in [0, 0.05) is 30.4 Å². The Morgan fingerprint density at radius 2 is 1.88 bits per heavy atom. The largest absolute Gasteiger partial charge is 0.328 e. The van der Waals surface area contributed by atoms with Gasteiger partial charge in [0.15, 0.2) is 0 Å². The van der Waals surface area contributed by atoms with Crippen LogP contribution in [0.3, 0.4) is 0 Å². The number of carbonyl (C=O) groups excluding carboxylic acids is 1. The molecule has 0 spiro atoms. The first-order valence-corrected chi connectivity index (χ1v) is 10.7. The number of hydrogen-bond acceptors (Lipinski definition) is 3. The summed E-state index contributed by atoms with van der Waals surface area (Å²) in [7, 11) is 1.85. The minimum atomic E-state index is -0.667. The van der Waals surface area contributed by atoms with Gasteiger partial charge in [-0.1, -0.05) is 12.1 Å². The topological polar surface area (TPSA) is 51.0 Å². The molecular formula is C25H20F2N4O. The van der Waals surface area contributed by atoms with Crippen molar-refractivity contribution in [1.82, 2.24) is 19.7 Å². The van der Waals surface area contributed by atoms with E-state index in [2.05, 4.69) is 10.1 Å². The third-order valence-electron chi connectivity index (χ3n) is 6.39. The monoisotopic (exact) mass is 430 g/mol. The van der Waals surface area contributed by atoms with E-state index in [1.165, 1.54) is 22.6 Å². The molecule has 160 valence electrons. The summed E-state index contributed by atoms with van der Waals surface area (Å²) in [4.78, 5) is 18.2. The number of benzene rings is 2. The standard InChI is InChI=1S/C25H20F2N4O/c1-30-11-19-16(6-7-17(14-4-5-14)24(19)29-30)15-9-21(26)20(22(27)10-15)12-31-13-23-18(25(31)32)3-2-8-28-23/h2-3,6-11,14H,4-5,12-13H2,1H3. The van der Waals surface area contributed by atoms with Gasteiger partial charge in [-0.3, -0.25) is 14.5 Å². The van der Waals surface area contributed by atoms with Crippen molar-refractivity contribution in [3.05, 3.63) is 82.8 Å². The van der Waals surface area contributed by atoms with Gasteiger partial charge in [-0.2, -0.15) is 5.10 Å². The zero-order valence-corrected chi connectivity index (χ0v) is 17.5. The molecule has 0 unspecified atom stereocenters. The Labute approximate surface area is 183 Å². The Kier molecular flexibility index (Phi) is 4.15. The second-order valence-electron chi connectivity index (χ2n) is 8.62. The van der Waals surface area contributed by atoms with Gasteiger partial charge in [0.2, 0.25) is 0 Å². The Morgan fingerprint density at radius 1 is 1.09 bits per heavy atom. The average Bonchev–Trinajstić information content (AvgIpc) is 3.46. The van der Waals surface area contributed by atoms with E-state index in [1.54, 1.807) is 23.0 Å². The number of aromatic nitrogens is 3. The Morgan fingerprint density at radius 3 is 2.59 bits per heavy atom. The highest BCUT2D eigenvalue weighted by atomic mass is 19.1. The lowest BCUT2D eigenvalue weighted by Crippen LogP contribution is -2.24. The number of amides is 1. The molecule has 0 saturated heterocycles. The Hall–Kier alpha value is -3.61. The highest BCUT2D eigenvalue weighted by Gasteiger charge is 2.30. The zero-order chi connectivity index (χ0) is 22.0. The lowest BCUT2D eigenvalue weighted by Gasteiger charge is -2.17. The van der Waals surface area contributed by atoms with Gasteiger partial charge >= 0.3 is 0 Å². The summed E-state index contributed by atoms with van der Waals surface area (Å²) in [5, 5.41) is 5.49. The van der Waals surface area contributed by atoms with Gasteiger partial charge in [0.05, 0.1) is 29.9 Å². The van der Waals surface area contributed by atoms with E-state index in [1.807, 2.05) is 25.4 Å². The summed E-state index contributed by atoms with van der Waals surface area (Å²) in [6, 6.07) is 10.0. The van der Waals surface area contributed by atoms with Crippen LogP contribution in [0, 0.1) is 11.6 Å². The fourth-order valence-electron chi connectivity index (χ4n) is 4.63. The normalized spacial score (nSPS) is 15.6. The number of rotatable bonds is 4. The molecule has 0 bridgehead atoms. The predicted molar refractivity (Wildman–Crippen MR) is 116 cm³/mol. The minimum Gasteiger partial charge on any atom is -0.328 e. The van der Waals surface area contributed by atoms with Crippen molar-refractivity contribution in [1.29, 1.82) is 0 Å².